The number of halogens is 3. The Morgan fingerprint density at radius 2 is 1.80 bits per heavy atom. The van der Waals surface area contributed by atoms with Crippen LogP contribution in [-0.4, -0.2) is 24.1 Å². The van der Waals surface area contributed by atoms with Gasteiger partial charge in [0.15, 0.2) is 0 Å². The second-order valence-electron chi connectivity index (χ2n) is 4.73. The van der Waals surface area contributed by atoms with Gasteiger partial charge in [0.05, 0.1) is 5.56 Å². The first-order valence-corrected chi connectivity index (χ1v) is 8.10. The molecular formula is C15H22F3NS. The van der Waals surface area contributed by atoms with Crippen LogP contribution in [0.2, 0.25) is 0 Å². The highest BCUT2D eigenvalue weighted by Gasteiger charge is 2.29. The van der Waals surface area contributed by atoms with E-state index in [0.717, 1.165) is 48.6 Å². The number of nitrogens with one attached hydrogen (secondary N) is 1. The molecule has 0 aliphatic rings. The maximum Gasteiger partial charge on any atom is 0.416 e. The lowest BCUT2D eigenvalue weighted by Gasteiger charge is -2.18. The molecule has 0 saturated carbocycles. The molecule has 1 unspecified atom stereocenters. The lowest BCUT2D eigenvalue weighted by Crippen LogP contribution is -2.33. The van der Waals surface area contributed by atoms with Crippen LogP contribution in [0.4, 0.5) is 13.2 Å². The van der Waals surface area contributed by atoms with Crippen LogP contribution in [-0.2, 0) is 12.6 Å². The standard InChI is InChI=1S/C15H22F3NS/c1-3-9-20-11-14(19-4-2)10-12-5-7-13(8-6-12)15(16,17)18/h5-8,14,19H,3-4,9-11H2,1-2H3. The summed E-state index contributed by atoms with van der Waals surface area (Å²) in [6, 6.07) is 5.80. The molecule has 0 bridgehead atoms. The zero-order chi connectivity index (χ0) is 15.0. The molecule has 114 valence electrons. The van der Waals surface area contributed by atoms with E-state index in [0.29, 0.717) is 6.04 Å². The lowest BCUT2D eigenvalue weighted by molar-refractivity contribution is -0.137. The Hall–Kier alpha value is -0.680. The molecule has 0 saturated heterocycles. The summed E-state index contributed by atoms with van der Waals surface area (Å²) in [6.07, 6.45) is -2.34. The summed E-state index contributed by atoms with van der Waals surface area (Å²) in [7, 11) is 0. The highest BCUT2D eigenvalue weighted by atomic mass is 32.2. The fourth-order valence-electron chi connectivity index (χ4n) is 1.96. The smallest absolute Gasteiger partial charge is 0.313 e. The summed E-state index contributed by atoms with van der Waals surface area (Å²) < 4.78 is 37.5. The van der Waals surface area contributed by atoms with Crippen LogP contribution in [0.3, 0.4) is 0 Å². The van der Waals surface area contributed by atoms with Gasteiger partial charge in [-0.3, -0.25) is 0 Å². The summed E-state index contributed by atoms with van der Waals surface area (Å²) >= 11 is 1.89. The average molecular weight is 305 g/mol. The quantitative estimate of drug-likeness (QED) is 0.716. The molecule has 1 rings (SSSR count). The van der Waals surface area contributed by atoms with Crippen molar-refractivity contribution in [3.05, 3.63) is 35.4 Å². The molecule has 0 aliphatic carbocycles. The SMILES string of the molecule is CCCSCC(Cc1ccc(C(F)(F)F)cc1)NCC. The number of hydrogen-bond donors (Lipinski definition) is 1. The van der Waals surface area contributed by atoms with Crippen molar-refractivity contribution in [2.24, 2.45) is 0 Å². The van der Waals surface area contributed by atoms with Gasteiger partial charge in [0.2, 0.25) is 0 Å². The van der Waals surface area contributed by atoms with Crippen LogP contribution in [0, 0.1) is 0 Å². The molecule has 0 aromatic heterocycles. The second kappa shape index (κ2) is 8.57. The van der Waals surface area contributed by atoms with Crippen molar-refractivity contribution < 1.29 is 13.2 Å². The van der Waals surface area contributed by atoms with Gasteiger partial charge in [-0.05, 0) is 42.8 Å². The van der Waals surface area contributed by atoms with Gasteiger partial charge in [-0.15, -0.1) is 0 Å². The van der Waals surface area contributed by atoms with Gasteiger partial charge in [0, 0.05) is 11.8 Å². The Balaban J connectivity index is 2.59. The molecule has 1 nitrogen and oxygen atoms in total. The van der Waals surface area contributed by atoms with Gasteiger partial charge < -0.3 is 5.32 Å². The molecule has 0 radical (unpaired) electrons. The minimum absolute atomic E-state index is 0.313. The third-order valence-corrected chi connectivity index (χ3v) is 4.26. The Morgan fingerprint density at radius 1 is 1.15 bits per heavy atom. The molecule has 1 aromatic carbocycles. The summed E-state index contributed by atoms with van der Waals surface area (Å²) in [5.41, 5.74) is 0.364. The highest BCUT2D eigenvalue weighted by molar-refractivity contribution is 7.99. The number of likely N-dealkylation sites (N-methyl/N-ethyl adjacent to an activating group) is 1. The van der Waals surface area contributed by atoms with E-state index >= 15 is 0 Å². The maximum absolute atomic E-state index is 12.5. The average Bonchev–Trinajstić information content (AvgIpc) is 2.39. The van der Waals surface area contributed by atoms with E-state index in [-0.39, 0.29) is 0 Å². The largest absolute Gasteiger partial charge is 0.416 e. The van der Waals surface area contributed by atoms with Gasteiger partial charge in [-0.2, -0.15) is 24.9 Å². The summed E-state index contributed by atoms with van der Waals surface area (Å²) in [6.45, 7) is 5.06. The molecule has 1 atom stereocenters. The third kappa shape index (κ3) is 6.18. The monoisotopic (exact) mass is 305 g/mol. The third-order valence-electron chi connectivity index (χ3n) is 2.92. The molecule has 0 aliphatic heterocycles. The van der Waals surface area contributed by atoms with Crippen molar-refractivity contribution in [1.82, 2.24) is 5.32 Å². The van der Waals surface area contributed by atoms with E-state index in [1.807, 2.05) is 18.7 Å². The van der Waals surface area contributed by atoms with E-state index in [1.165, 1.54) is 0 Å². The zero-order valence-corrected chi connectivity index (χ0v) is 12.8. The predicted molar refractivity (Wildman–Crippen MR) is 80.2 cm³/mol. The summed E-state index contributed by atoms with van der Waals surface area (Å²) in [5.74, 6) is 2.11. The van der Waals surface area contributed by atoms with E-state index < -0.39 is 11.7 Å². The van der Waals surface area contributed by atoms with Crippen molar-refractivity contribution in [3.8, 4) is 0 Å². The molecule has 0 spiro atoms. The van der Waals surface area contributed by atoms with Crippen LogP contribution in [0.1, 0.15) is 31.4 Å². The summed E-state index contributed by atoms with van der Waals surface area (Å²) in [5, 5.41) is 3.39. The van der Waals surface area contributed by atoms with Gasteiger partial charge in [0.1, 0.15) is 0 Å². The van der Waals surface area contributed by atoms with Gasteiger partial charge in [0.25, 0.3) is 0 Å². The lowest BCUT2D eigenvalue weighted by atomic mass is 10.0. The Kier molecular flexibility index (Phi) is 7.45. The van der Waals surface area contributed by atoms with Crippen molar-refractivity contribution in [2.45, 2.75) is 38.9 Å². The van der Waals surface area contributed by atoms with Gasteiger partial charge >= 0.3 is 6.18 Å². The number of rotatable bonds is 8. The summed E-state index contributed by atoms with van der Waals surface area (Å²) in [4.78, 5) is 0. The fourth-order valence-corrected chi connectivity index (χ4v) is 2.94. The van der Waals surface area contributed by atoms with Crippen LogP contribution < -0.4 is 5.32 Å². The molecule has 0 amide bonds. The normalized spacial score (nSPS) is 13.4. The molecule has 0 heterocycles. The molecular weight excluding hydrogens is 283 g/mol. The molecule has 20 heavy (non-hydrogen) atoms. The first-order chi connectivity index (χ1) is 9.47. The molecule has 0 fully saturated rings. The molecule has 1 N–H and O–H groups in total. The molecule has 1 aromatic rings. The van der Waals surface area contributed by atoms with Crippen molar-refractivity contribution in [3.63, 3.8) is 0 Å². The number of thioether (sulfide) groups is 1. The molecule has 5 heteroatoms. The first kappa shape index (κ1) is 17.4. The van der Waals surface area contributed by atoms with Crippen molar-refractivity contribution in [2.75, 3.05) is 18.1 Å². The number of alkyl halides is 3. The topological polar surface area (TPSA) is 12.0 Å². The fraction of sp³-hybridized carbons (Fsp3) is 0.600. The van der Waals surface area contributed by atoms with Gasteiger partial charge in [-0.25, -0.2) is 0 Å². The minimum Gasteiger partial charge on any atom is -0.313 e. The zero-order valence-electron chi connectivity index (χ0n) is 12.0. The Labute approximate surface area is 123 Å². The number of hydrogen-bond acceptors (Lipinski definition) is 2. The van der Waals surface area contributed by atoms with Crippen LogP contribution in [0.5, 0.6) is 0 Å². The van der Waals surface area contributed by atoms with E-state index in [1.54, 1.807) is 12.1 Å². The van der Waals surface area contributed by atoms with E-state index in [2.05, 4.69) is 12.2 Å². The van der Waals surface area contributed by atoms with E-state index in [9.17, 15) is 13.2 Å². The van der Waals surface area contributed by atoms with E-state index in [4.69, 9.17) is 0 Å². The Bertz CT molecular complexity index is 376. The first-order valence-electron chi connectivity index (χ1n) is 6.94. The second-order valence-corrected chi connectivity index (χ2v) is 5.88. The Morgan fingerprint density at radius 3 is 2.30 bits per heavy atom. The van der Waals surface area contributed by atoms with Crippen LogP contribution in [0.25, 0.3) is 0 Å². The van der Waals surface area contributed by atoms with Crippen molar-refractivity contribution in [1.29, 1.82) is 0 Å². The maximum atomic E-state index is 12.5. The van der Waals surface area contributed by atoms with Gasteiger partial charge in [-0.1, -0.05) is 26.0 Å². The minimum atomic E-state index is -4.25. The van der Waals surface area contributed by atoms with Crippen molar-refractivity contribution >= 4 is 11.8 Å². The number of benzene rings is 1. The highest BCUT2D eigenvalue weighted by Crippen LogP contribution is 2.29. The van der Waals surface area contributed by atoms with Crippen LogP contribution in [0.15, 0.2) is 24.3 Å². The predicted octanol–water partition coefficient (Wildman–Crippen LogP) is 4.37. The van der Waals surface area contributed by atoms with Crippen LogP contribution >= 0.6 is 11.8 Å².